The van der Waals surface area contributed by atoms with Crippen molar-refractivity contribution in [2.75, 3.05) is 5.73 Å². The maximum atomic E-state index is 5.69. The second-order valence-corrected chi connectivity index (χ2v) is 4.70. The summed E-state index contributed by atoms with van der Waals surface area (Å²) in [5.74, 6) is 0. The molecule has 0 spiro atoms. The lowest BCUT2D eigenvalue weighted by Gasteiger charge is -1.98. The van der Waals surface area contributed by atoms with Gasteiger partial charge in [-0.25, -0.2) is 9.97 Å². The summed E-state index contributed by atoms with van der Waals surface area (Å²) in [5, 5.41) is 1.33. The highest BCUT2D eigenvalue weighted by Gasteiger charge is 2.10. The summed E-state index contributed by atoms with van der Waals surface area (Å²) >= 11 is 1.35. The molecular weight excluding hydrogens is 248 g/mol. The molecule has 3 aromatic rings. The molecule has 1 aromatic carbocycles. The van der Waals surface area contributed by atoms with Crippen LogP contribution in [0.5, 0.6) is 0 Å². The second-order valence-electron chi connectivity index (χ2n) is 3.76. The van der Waals surface area contributed by atoms with Gasteiger partial charge in [-0.3, -0.25) is 4.98 Å². The average molecular weight is 258 g/mol. The maximum Gasteiger partial charge on any atom is 0.263 e. The summed E-state index contributed by atoms with van der Waals surface area (Å²) in [4.78, 5) is 12.8. The van der Waals surface area contributed by atoms with Gasteiger partial charge in [0.15, 0.2) is 5.58 Å². The molecule has 3 rings (SSSR count). The number of hydrogen-bond acceptors (Lipinski definition) is 6. The Balaban J connectivity index is 1.98. The van der Waals surface area contributed by atoms with Crippen LogP contribution in [0.1, 0.15) is 5.69 Å². The summed E-state index contributed by atoms with van der Waals surface area (Å²) in [5.41, 5.74) is 8.67. The molecule has 0 amide bonds. The van der Waals surface area contributed by atoms with Crippen molar-refractivity contribution >= 4 is 28.5 Å². The topological polar surface area (TPSA) is 77.8 Å². The van der Waals surface area contributed by atoms with Crippen molar-refractivity contribution in [3.05, 3.63) is 36.3 Å². The number of anilines is 1. The molecule has 5 nitrogen and oxygen atoms in total. The molecule has 2 N–H and O–H groups in total. The number of nitrogens with zero attached hydrogens (tertiary/aromatic N) is 3. The summed E-state index contributed by atoms with van der Waals surface area (Å²) in [7, 11) is 0. The molecule has 0 aliphatic heterocycles. The Morgan fingerprint density at radius 3 is 2.89 bits per heavy atom. The van der Waals surface area contributed by atoms with Crippen molar-refractivity contribution in [3.63, 3.8) is 0 Å². The predicted octanol–water partition coefficient (Wildman–Crippen LogP) is 2.66. The van der Waals surface area contributed by atoms with E-state index in [-0.39, 0.29) is 0 Å². The van der Waals surface area contributed by atoms with Crippen LogP contribution in [0.4, 0.5) is 5.69 Å². The van der Waals surface area contributed by atoms with Crippen molar-refractivity contribution in [2.24, 2.45) is 0 Å². The highest BCUT2D eigenvalue weighted by atomic mass is 32.2. The van der Waals surface area contributed by atoms with E-state index in [1.165, 1.54) is 11.8 Å². The lowest BCUT2D eigenvalue weighted by atomic mass is 10.3. The third-order valence-electron chi connectivity index (χ3n) is 2.41. The third-order valence-corrected chi connectivity index (χ3v) is 3.36. The van der Waals surface area contributed by atoms with E-state index in [9.17, 15) is 0 Å². The van der Waals surface area contributed by atoms with E-state index in [0.717, 1.165) is 16.2 Å². The standard InChI is InChI=1S/C12H10N4OS/c1-7-11(15-5-4-14-7)18-12-16-9-3-2-8(13)6-10(9)17-12/h2-6H,13H2,1H3. The lowest BCUT2D eigenvalue weighted by molar-refractivity contribution is 0.489. The minimum absolute atomic E-state index is 0.541. The van der Waals surface area contributed by atoms with Crippen molar-refractivity contribution in [3.8, 4) is 0 Å². The Morgan fingerprint density at radius 2 is 2.06 bits per heavy atom. The number of rotatable bonds is 2. The maximum absolute atomic E-state index is 5.69. The van der Waals surface area contributed by atoms with Crippen molar-refractivity contribution in [1.82, 2.24) is 15.0 Å². The van der Waals surface area contributed by atoms with Gasteiger partial charge in [0, 0.05) is 24.1 Å². The number of fused-ring (bicyclic) bond motifs is 1. The number of nitrogens with two attached hydrogens (primary N) is 1. The Morgan fingerprint density at radius 1 is 1.22 bits per heavy atom. The number of aromatic nitrogens is 3. The highest BCUT2D eigenvalue weighted by Crippen LogP contribution is 2.30. The molecule has 0 atom stereocenters. The van der Waals surface area contributed by atoms with E-state index in [1.54, 1.807) is 24.5 Å². The van der Waals surface area contributed by atoms with Gasteiger partial charge in [-0.15, -0.1) is 0 Å². The van der Waals surface area contributed by atoms with Crippen LogP contribution in [0.25, 0.3) is 11.1 Å². The van der Waals surface area contributed by atoms with Gasteiger partial charge < -0.3 is 10.2 Å². The molecule has 0 unspecified atom stereocenters. The van der Waals surface area contributed by atoms with E-state index >= 15 is 0 Å². The minimum Gasteiger partial charge on any atom is -0.431 e. The average Bonchev–Trinajstić information content (AvgIpc) is 2.73. The Kier molecular flexibility index (Phi) is 2.64. The van der Waals surface area contributed by atoms with E-state index in [0.29, 0.717) is 16.5 Å². The third kappa shape index (κ3) is 2.02. The normalized spacial score (nSPS) is 10.9. The molecule has 2 aromatic heterocycles. The SMILES string of the molecule is Cc1nccnc1Sc1nc2ccc(N)cc2o1. The van der Waals surface area contributed by atoms with Gasteiger partial charge >= 0.3 is 0 Å². The zero-order valence-corrected chi connectivity index (χ0v) is 10.4. The quantitative estimate of drug-likeness (QED) is 0.712. The van der Waals surface area contributed by atoms with E-state index in [2.05, 4.69) is 15.0 Å². The van der Waals surface area contributed by atoms with Gasteiger partial charge in [0.25, 0.3) is 5.22 Å². The fourth-order valence-corrected chi connectivity index (χ4v) is 2.30. The molecule has 0 aliphatic rings. The van der Waals surface area contributed by atoms with E-state index < -0.39 is 0 Å². The largest absolute Gasteiger partial charge is 0.431 e. The summed E-state index contributed by atoms with van der Waals surface area (Å²) in [6.45, 7) is 1.90. The molecule has 0 saturated heterocycles. The second kappa shape index (κ2) is 4.30. The number of oxazole rings is 1. The molecular formula is C12H10N4OS. The zero-order chi connectivity index (χ0) is 12.5. The van der Waals surface area contributed by atoms with Crippen LogP contribution in [0.3, 0.4) is 0 Å². The van der Waals surface area contributed by atoms with Crippen molar-refractivity contribution < 1.29 is 4.42 Å². The molecule has 0 fully saturated rings. The fraction of sp³-hybridized carbons (Fsp3) is 0.0833. The van der Waals surface area contributed by atoms with Gasteiger partial charge in [-0.1, -0.05) is 0 Å². The smallest absolute Gasteiger partial charge is 0.263 e. The van der Waals surface area contributed by atoms with Crippen LogP contribution in [-0.2, 0) is 0 Å². The first-order chi connectivity index (χ1) is 8.72. The summed E-state index contributed by atoms with van der Waals surface area (Å²) in [6.07, 6.45) is 3.31. The first kappa shape index (κ1) is 11.0. The number of benzene rings is 1. The number of aryl methyl sites for hydroxylation is 1. The van der Waals surface area contributed by atoms with Crippen LogP contribution < -0.4 is 5.73 Å². The van der Waals surface area contributed by atoms with Gasteiger partial charge in [0.05, 0.1) is 5.69 Å². The highest BCUT2D eigenvalue weighted by molar-refractivity contribution is 7.99. The van der Waals surface area contributed by atoms with Crippen LogP contribution in [-0.4, -0.2) is 15.0 Å². The molecule has 6 heteroatoms. The molecule has 0 saturated carbocycles. The number of nitrogen functional groups attached to an aromatic ring is 1. The zero-order valence-electron chi connectivity index (χ0n) is 9.62. The molecule has 2 heterocycles. The molecule has 0 aliphatic carbocycles. The lowest BCUT2D eigenvalue weighted by Crippen LogP contribution is -1.87. The van der Waals surface area contributed by atoms with Crippen LogP contribution in [0, 0.1) is 6.92 Å². The van der Waals surface area contributed by atoms with E-state index in [1.807, 2.05) is 13.0 Å². The van der Waals surface area contributed by atoms with Crippen LogP contribution in [0.15, 0.2) is 45.3 Å². The first-order valence-electron chi connectivity index (χ1n) is 5.34. The van der Waals surface area contributed by atoms with Gasteiger partial charge in [0.2, 0.25) is 0 Å². The Labute approximate surface area is 107 Å². The molecule has 90 valence electrons. The van der Waals surface area contributed by atoms with E-state index in [4.69, 9.17) is 10.2 Å². The van der Waals surface area contributed by atoms with Crippen LogP contribution >= 0.6 is 11.8 Å². The molecule has 0 radical (unpaired) electrons. The Bertz CT molecular complexity index is 710. The first-order valence-corrected chi connectivity index (χ1v) is 6.15. The Hall–Kier alpha value is -2.08. The van der Waals surface area contributed by atoms with Gasteiger partial charge in [-0.2, -0.15) is 0 Å². The van der Waals surface area contributed by atoms with Gasteiger partial charge in [-0.05, 0) is 30.8 Å². The molecule has 18 heavy (non-hydrogen) atoms. The minimum atomic E-state index is 0.541. The van der Waals surface area contributed by atoms with Crippen LogP contribution in [0.2, 0.25) is 0 Å². The van der Waals surface area contributed by atoms with Crippen molar-refractivity contribution in [1.29, 1.82) is 0 Å². The summed E-state index contributed by atoms with van der Waals surface area (Å²) < 4.78 is 5.61. The van der Waals surface area contributed by atoms with Crippen molar-refractivity contribution in [2.45, 2.75) is 17.2 Å². The molecule has 0 bridgehead atoms. The fourth-order valence-electron chi connectivity index (χ4n) is 1.54. The summed E-state index contributed by atoms with van der Waals surface area (Å²) in [6, 6.07) is 5.39. The number of hydrogen-bond donors (Lipinski definition) is 1. The van der Waals surface area contributed by atoms with Gasteiger partial charge in [0.1, 0.15) is 10.5 Å². The predicted molar refractivity (Wildman–Crippen MR) is 69.3 cm³/mol. The monoisotopic (exact) mass is 258 g/mol.